The standard InChI is InChI=1S/C16H26N2O3/c1-2-3-4-8-11-17-18(12-13-19)16(20)21-14-15-9-6-5-7-10-15/h5-7,9-10,17,19H,2-4,8,11-14H2,1H3. The molecular formula is C16H26N2O3. The Kier molecular flexibility index (Phi) is 9.24. The molecule has 5 heteroatoms. The molecule has 0 bridgehead atoms. The van der Waals surface area contributed by atoms with Crippen LogP contribution >= 0.6 is 0 Å². The van der Waals surface area contributed by atoms with Crippen LogP contribution in [0, 0.1) is 0 Å². The second kappa shape index (κ2) is 11.1. The van der Waals surface area contributed by atoms with Gasteiger partial charge in [0, 0.05) is 6.54 Å². The van der Waals surface area contributed by atoms with E-state index in [0.29, 0.717) is 6.54 Å². The van der Waals surface area contributed by atoms with E-state index in [4.69, 9.17) is 9.84 Å². The predicted molar refractivity (Wildman–Crippen MR) is 82.6 cm³/mol. The van der Waals surface area contributed by atoms with E-state index in [1.807, 2.05) is 30.3 Å². The number of hydrazine groups is 1. The van der Waals surface area contributed by atoms with Crippen molar-refractivity contribution in [2.45, 2.75) is 39.2 Å². The molecule has 0 spiro atoms. The molecule has 0 aromatic heterocycles. The molecule has 0 saturated heterocycles. The van der Waals surface area contributed by atoms with Gasteiger partial charge in [-0.2, -0.15) is 0 Å². The van der Waals surface area contributed by atoms with Crippen LogP contribution in [0.3, 0.4) is 0 Å². The number of amides is 1. The number of unbranched alkanes of at least 4 members (excludes halogenated alkanes) is 3. The van der Waals surface area contributed by atoms with E-state index < -0.39 is 6.09 Å². The van der Waals surface area contributed by atoms with E-state index in [-0.39, 0.29) is 19.8 Å². The Hall–Kier alpha value is -1.59. The number of benzene rings is 1. The van der Waals surface area contributed by atoms with E-state index in [1.165, 1.54) is 17.9 Å². The SMILES string of the molecule is CCCCCCNN(CCO)C(=O)OCc1ccccc1. The molecule has 0 saturated carbocycles. The van der Waals surface area contributed by atoms with Crippen molar-refractivity contribution < 1.29 is 14.6 Å². The number of aliphatic hydroxyl groups excluding tert-OH is 1. The van der Waals surface area contributed by atoms with Crippen molar-refractivity contribution in [1.29, 1.82) is 0 Å². The van der Waals surface area contributed by atoms with E-state index in [9.17, 15) is 4.79 Å². The molecule has 1 aromatic rings. The highest BCUT2D eigenvalue weighted by Gasteiger charge is 2.13. The number of hydrogen-bond donors (Lipinski definition) is 2. The number of carbonyl (C=O) groups is 1. The van der Waals surface area contributed by atoms with Crippen molar-refractivity contribution in [3.8, 4) is 0 Å². The number of hydrogen-bond acceptors (Lipinski definition) is 4. The van der Waals surface area contributed by atoms with Crippen LogP contribution in [0.15, 0.2) is 30.3 Å². The van der Waals surface area contributed by atoms with Crippen LogP contribution in [0.1, 0.15) is 38.2 Å². The minimum absolute atomic E-state index is 0.0948. The van der Waals surface area contributed by atoms with E-state index in [2.05, 4.69) is 12.3 Å². The van der Waals surface area contributed by atoms with Crippen LogP contribution < -0.4 is 5.43 Å². The molecule has 0 fully saturated rings. The van der Waals surface area contributed by atoms with Crippen LogP contribution in [0.4, 0.5) is 4.79 Å². The monoisotopic (exact) mass is 294 g/mol. The average Bonchev–Trinajstić information content (AvgIpc) is 2.52. The summed E-state index contributed by atoms with van der Waals surface area (Å²) in [4.78, 5) is 12.0. The molecule has 118 valence electrons. The fourth-order valence-corrected chi connectivity index (χ4v) is 1.90. The number of aliphatic hydroxyl groups is 1. The van der Waals surface area contributed by atoms with E-state index in [0.717, 1.165) is 18.4 Å². The maximum Gasteiger partial charge on any atom is 0.424 e. The zero-order valence-corrected chi connectivity index (χ0v) is 12.8. The van der Waals surface area contributed by atoms with Gasteiger partial charge in [-0.1, -0.05) is 56.5 Å². The molecule has 2 N–H and O–H groups in total. The highest BCUT2D eigenvalue weighted by atomic mass is 16.6. The van der Waals surface area contributed by atoms with Crippen LogP contribution in [-0.4, -0.2) is 35.9 Å². The van der Waals surface area contributed by atoms with Crippen LogP contribution in [0.25, 0.3) is 0 Å². The van der Waals surface area contributed by atoms with Gasteiger partial charge in [0.1, 0.15) is 6.61 Å². The first kappa shape index (κ1) is 17.5. The first-order chi connectivity index (χ1) is 10.3. The first-order valence-electron chi connectivity index (χ1n) is 7.60. The Bertz CT molecular complexity index is 384. The topological polar surface area (TPSA) is 61.8 Å². The van der Waals surface area contributed by atoms with Crippen molar-refractivity contribution in [3.63, 3.8) is 0 Å². The quantitative estimate of drug-likeness (QED) is 0.514. The molecule has 0 aliphatic carbocycles. The van der Waals surface area contributed by atoms with Crippen molar-refractivity contribution in [1.82, 2.24) is 10.4 Å². The maximum absolute atomic E-state index is 12.0. The van der Waals surface area contributed by atoms with Crippen LogP contribution in [-0.2, 0) is 11.3 Å². The zero-order chi connectivity index (χ0) is 15.3. The van der Waals surface area contributed by atoms with Crippen molar-refractivity contribution in [2.24, 2.45) is 0 Å². The number of carbonyl (C=O) groups excluding carboxylic acids is 1. The van der Waals surface area contributed by atoms with Crippen LogP contribution in [0.2, 0.25) is 0 Å². The lowest BCUT2D eigenvalue weighted by Crippen LogP contribution is -2.45. The predicted octanol–water partition coefficient (Wildman–Crippen LogP) is 2.70. The molecule has 0 atom stereocenters. The summed E-state index contributed by atoms with van der Waals surface area (Å²) in [6, 6.07) is 9.53. The van der Waals surface area contributed by atoms with Crippen molar-refractivity contribution >= 4 is 6.09 Å². The summed E-state index contributed by atoms with van der Waals surface area (Å²) in [7, 11) is 0. The molecule has 1 amide bonds. The minimum atomic E-state index is -0.455. The number of rotatable bonds is 10. The molecular weight excluding hydrogens is 268 g/mol. The molecule has 1 aromatic carbocycles. The third-order valence-electron chi connectivity index (χ3n) is 3.08. The third kappa shape index (κ3) is 7.68. The molecule has 21 heavy (non-hydrogen) atoms. The average molecular weight is 294 g/mol. The molecule has 0 unspecified atom stereocenters. The van der Waals surface area contributed by atoms with Gasteiger partial charge in [0.15, 0.2) is 0 Å². The van der Waals surface area contributed by atoms with Crippen LogP contribution in [0.5, 0.6) is 0 Å². The molecule has 1 rings (SSSR count). The maximum atomic E-state index is 12.0. The molecule has 0 aliphatic rings. The van der Waals surface area contributed by atoms with Gasteiger partial charge in [-0.05, 0) is 12.0 Å². The number of nitrogens with zero attached hydrogens (tertiary/aromatic N) is 1. The van der Waals surface area contributed by atoms with E-state index >= 15 is 0 Å². The fraction of sp³-hybridized carbons (Fsp3) is 0.562. The fourth-order valence-electron chi connectivity index (χ4n) is 1.90. The lowest BCUT2D eigenvalue weighted by atomic mass is 10.2. The summed E-state index contributed by atoms with van der Waals surface area (Å²) in [6.07, 6.45) is 4.06. The zero-order valence-electron chi connectivity index (χ0n) is 12.8. The van der Waals surface area contributed by atoms with Gasteiger partial charge in [-0.3, -0.25) is 0 Å². The Morgan fingerprint density at radius 1 is 1.24 bits per heavy atom. The number of nitrogens with one attached hydrogen (secondary N) is 1. The summed E-state index contributed by atoms with van der Waals surface area (Å²) in [6.45, 7) is 3.23. The summed E-state index contributed by atoms with van der Waals surface area (Å²) >= 11 is 0. The van der Waals surface area contributed by atoms with Gasteiger partial charge in [-0.15, -0.1) is 0 Å². The van der Waals surface area contributed by atoms with Gasteiger partial charge in [0.05, 0.1) is 13.2 Å². The second-order valence-corrected chi connectivity index (χ2v) is 4.88. The van der Waals surface area contributed by atoms with Gasteiger partial charge in [0.2, 0.25) is 0 Å². The number of ether oxygens (including phenoxy) is 1. The molecule has 0 radical (unpaired) electrons. The van der Waals surface area contributed by atoms with E-state index in [1.54, 1.807) is 0 Å². The smallest absolute Gasteiger partial charge is 0.424 e. The van der Waals surface area contributed by atoms with Crippen molar-refractivity contribution in [2.75, 3.05) is 19.7 Å². The normalized spacial score (nSPS) is 10.4. The Labute approximate surface area is 126 Å². The lowest BCUT2D eigenvalue weighted by Gasteiger charge is -2.22. The molecule has 0 heterocycles. The first-order valence-corrected chi connectivity index (χ1v) is 7.60. The lowest BCUT2D eigenvalue weighted by molar-refractivity contribution is 0.0677. The van der Waals surface area contributed by atoms with Crippen molar-refractivity contribution in [3.05, 3.63) is 35.9 Å². The second-order valence-electron chi connectivity index (χ2n) is 4.88. The van der Waals surface area contributed by atoms with Gasteiger partial charge < -0.3 is 9.84 Å². The summed E-state index contributed by atoms with van der Waals surface area (Å²) < 4.78 is 5.23. The summed E-state index contributed by atoms with van der Waals surface area (Å²) in [5.74, 6) is 0. The van der Waals surface area contributed by atoms with Gasteiger partial charge >= 0.3 is 6.09 Å². The molecule has 5 nitrogen and oxygen atoms in total. The summed E-state index contributed by atoms with van der Waals surface area (Å²) in [5, 5.41) is 10.4. The minimum Gasteiger partial charge on any atom is -0.444 e. The van der Waals surface area contributed by atoms with Gasteiger partial charge in [-0.25, -0.2) is 15.2 Å². The summed E-state index contributed by atoms with van der Waals surface area (Å²) in [5.41, 5.74) is 3.96. The molecule has 0 aliphatic heterocycles. The third-order valence-corrected chi connectivity index (χ3v) is 3.08. The highest BCUT2D eigenvalue weighted by Crippen LogP contribution is 2.03. The largest absolute Gasteiger partial charge is 0.444 e. The Balaban J connectivity index is 2.31. The highest BCUT2D eigenvalue weighted by molar-refractivity contribution is 5.67. The van der Waals surface area contributed by atoms with Gasteiger partial charge in [0.25, 0.3) is 0 Å². The Morgan fingerprint density at radius 2 is 2.00 bits per heavy atom. The Morgan fingerprint density at radius 3 is 2.67 bits per heavy atom.